The van der Waals surface area contributed by atoms with Gasteiger partial charge in [0.15, 0.2) is 0 Å². The third kappa shape index (κ3) is 3.43. The van der Waals surface area contributed by atoms with E-state index in [0.29, 0.717) is 11.1 Å². The Labute approximate surface area is 181 Å². The van der Waals surface area contributed by atoms with Gasteiger partial charge < -0.3 is 10.5 Å². The van der Waals surface area contributed by atoms with Gasteiger partial charge in [0.2, 0.25) is 0 Å². The van der Waals surface area contributed by atoms with Crippen molar-refractivity contribution in [3.8, 4) is 11.1 Å². The van der Waals surface area contributed by atoms with Crippen LogP contribution in [0.25, 0.3) is 11.1 Å². The molecule has 0 radical (unpaired) electrons. The lowest BCUT2D eigenvalue weighted by Gasteiger charge is -2.16. The van der Waals surface area contributed by atoms with Crippen LogP contribution in [0.1, 0.15) is 40.0 Å². The van der Waals surface area contributed by atoms with E-state index < -0.39 is 15.8 Å². The average Bonchev–Trinajstić information content (AvgIpc) is 3.11. The summed E-state index contributed by atoms with van der Waals surface area (Å²) in [7, 11) is 0. The maximum atomic E-state index is 13.2. The van der Waals surface area contributed by atoms with Gasteiger partial charge in [-0.25, -0.2) is 0 Å². The predicted octanol–water partition coefficient (Wildman–Crippen LogP) is 4.20. The Morgan fingerprint density at radius 2 is 1.59 bits per heavy atom. The third-order valence-corrected chi connectivity index (χ3v) is 5.32. The molecular weight excluding hydrogens is 416 g/mol. The molecule has 4 rings (SSSR count). The van der Waals surface area contributed by atoms with E-state index in [9.17, 15) is 30.2 Å². The number of nitrogens with zero attached hydrogens (tertiary/aromatic N) is 3. The molecule has 1 aliphatic carbocycles. The number of nitro groups is 2. The second kappa shape index (κ2) is 7.91. The van der Waals surface area contributed by atoms with Gasteiger partial charge in [-0.05, 0) is 24.1 Å². The SMILES string of the molecule is C[C@H](NC(=O)c1cc([N+](=O)[O-])cc2c1-c1ccc([N+](=O)[O-])cc1/C2=N/O)c1ccccc1. The first kappa shape index (κ1) is 20.7. The highest BCUT2D eigenvalue weighted by atomic mass is 16.6. The highest BCUT2D eigenvalue weighted by molar-refractivity contribution is 6.27. The van der Waals surface area contributed by atoms with Crippen LogP contribution in [0.5, 0.6) is 0 Å². The fourth-order valence-electron chi connectivity index (χ4n) is 3.80. The van der Waals surface area contributed by atoms with E-state index in [0.717, 1.165) is 11.6 Å². The molecule has 3 aromatic carbocycles. The van der Waals surface area contributed by atoms with Crippen molar-refractivity contribution < 1.29 is 19.8 Å². The Hall–Kier alpha value is -4.60. The molecule has 0 heterocycles. The van der Waals surface area contributed by atoms with Gasteiger partial charge in [-0.1, -0.05) is 35.5 Å². The van der Waals surface area contributed by atoms with Gasteiger partial charge in [0, 0.05) is 41.0 Å². The molecule has 10 nitrogen and oxygen atoms in total. The minimum atomic E-state index is -0.655. The van der Waals surface area contributed by atoms with E-state index in [1.165, 1.54) is 24.3 Å². The molecule has 1 amide bonds. The molecule has 160 valence electrons. The molecule has 32 heavy (non-hydrogen) atoms. The number of hydrogen-bond acceptors (Lipinski definition) is 7. The first-order valence-electron chi connectivity index (χ1n) is 9.51. The van der Waals surface area contributed by atoms with E-state index in [-0.39, 0.29) is 39.8 Å². The van der Waals surface area contributed by atoms with E-state index in [4.69, 9.17) is 0 Å². The summed E-state index contributed by atoms with van der Waals surface area (Å²) >= 11 is 0. The van der Waals surface area contributed by atoms with Gasteiger partial charge in [-0.15, -0.1) is 0 Å². The number of hydrogen-bond donors (Lipinski definition) is 2. The molecule has 0 bridgehead atoms. The second-order valence-corrected chi connectivity index (χ2v) is 7.21. The zero-order chi connectivity index (χ0) is 23.0. The van der Waals surface area contributed by atoms with E-state index in [2.05, 4.69) is 10.5 Å². The lowest BCUT2D eigenvalue weighted by atomic mass is 9.97. The molecule has 0 saturated carbocycles. The quantitative estimate of drug-likeness (QED) is 0.274. The summed E-state index contributed by atoms with van der Waals surface area (Å²) in [4.78, 5) is 34.6. The van der Waals surface area contributed by atoms with Crippen molar-refractivity contribution in [1.82, 2.24) is 5.32 Å². The summed E-state index contributed by atoms with van der Waals surface area (Å²) < 4.78 is 0. The lowest BCUT2D eigenvalue weighted by Crippen LogP contribution is -2.27. The fourth-order valence-corrected chi connectivity index (χ4v) is 3.80. The van der Waals surface area contributed by atoms with Crippen LogP contribution >= 0.6 is 0 Å². The number of carbonyl (C=O) groups excluding carboxylic acids is 1. The summed E-state index contributed by atoms with van der Waals surface area (Å²) in [5, 5.41) is 38.3. The van der Waals surface area contributed by atoms with Crippen molar-refractivity contribution in [2.45, 2.75) is 13.0 Å². The molecule has 0 unspecified atom stereocenters. The van der Waals surface area contributed by atoms with Gasteiger partial charge in [0.05, 0.1) is 21.5 Å². The van der Waals surface area contributed by atoms with E-state index in [1.807, 2.05) is 30.3 Å². The fraction of sp³-hybridized carbons (Fsp3) is 0.0909. The highest BCUT2D eigenvalue weighted by Crippen LogP contribution is 2.42. The monoisotopic (exact) mass is 432 g/mol. The number of nitrogens with one attached hydrogen (secondary N) is 1. The third-order valence-electron chi connectivity index (χ3n) is 5.32. The Kier molecular flexibility index (Phi) is 5.11. The first-order valence-corrected chi connectivity index (χ1v) is 9.51. The van der Waals surface area contributed by atoms with Gasteiger partial charge in [0.1, 0.15) is 5.71 Å². The Balaban J connectivity index is 1.87. The van der Waals surface area contributed by atoms with Crippen molar-refractivity contribution in [3.05, 3.63) is 103 Å². The Morgan fingerprint density at radius 3 is 2.22 bits per heavy atom. The van der Waals surface area contributed by atoms with Crippen molar-refractivity contribution in [3.63, 3.8) is 0 Å². The maximum absolute atomic E-state index is 13.2. The number of rotatable bonds is 5. The van der Waals surface area contributed by atoms with E-state index in [1.54, 1.807) is 6.92 Å². The molecule has 0 saturated heterocycles. The van der Waals surface area contributed by atoms with Gasteiger partial charge in [0.25, 0.3) is 17.3 Å². The van der Waals surface area contributed by atoms with Crippen LogP contribution in [0.15, 0.2) is 65.8 Å². The zero-order valence-corrected chi connectivity index (χ0v) is 16.7. The number of amides is 1. The molecule has 0 spiro atoms. The van der Waals surface area contributed by atoms with Crippen LogP contribution in [0.4, 0.5) is 11.4 Å². The van der Waals surface area contributed by atoms with Crippen LogP contribution in [-0.2, 0) is 0 Å². The molecule has 3 aromatic rings. The lowest BCUT2D eigenvalue weighted by molar-refractivity contribution is -0.385. The number of non-ortho nitro benzene ring substituents is 2. The molecule has 2 N–H and O–H groups in total. The number of oxime groups is 1. The largest absolute Gasteiger partial charge is 0.410 e. The van der Waals surface area contributed by atoms with Crippen molar-refractivity contribution in [1.29, 1.82) is 0 Å². The minimum absolute atomic E-state index is 0.00531. The summed E-state index contributed by atoms with van der Waals surface area (Å²) in [6, 6.07) is 15.1. The van der Waals surface area contributed by atoms with Crippen LogP contribution in [0.3, 0.4) is 0 Å². The molecule has 0 fully saturated rings. The number of fused-ring (bicyclic) bond motifs is 3. The smallest absolute Gasteiger partial charge is 0.270 e. The predicted molar refractivity (Wildman–Crippen MR) is 115 cm³/mol. The summed E-state index contributed by atoms with van der Waals surface area (Å²) in [6.45, 7) is 1.78. The average molecular weight is 432 g/mol. The number of nitro benzene ring substituents is 2. The van der Waals surface area contributed by atoms with Gasteiger partial charge in [-0.3, -0.25) is 25.0 Å². The number of carbonyl (C=O) groups is 1. The van der Waals surface area contributed by atoms with Crippen LogP contribution < -0.4 is 5.32 Å². The van der Waals surface area contributed by atoms with Gasteiger partial charge in [-0.2, -0.15) is 0 Å². The summed E-state index contributed by atoms with van der Waals surface area (Å²) in [5.74, 6) is -0.565. The minimum Gasteiger partial charge on any atom is -0.410 e. The standard InChI is InChI=1S/C22H16N4O6/c1-12(13-5-3-2-4-6-13)23-22(27)19-11-15(26(31)32)10-18-20(19)16-8-7-14(25(29)30)9-17(16)21(18)24-28/h2-12,28H,1H3,(H,23,27)/b24-21-/t12-/m0/s1. The molecule has 1 atom stereocenters. The van der Waals surface area contributed by atoms with Crippen LogP contribution in [0.2, 0.25) is 0 Å². The second-order valence-electron chi connectivity index (χ2n) is 7.21. The Bertz CT molecular complexity index is 1300. The Morgan fingerprint density at radius 1 is 0.938 bits per heavy atom. The first-order chi connectivity index (χ1) is 15.3. The van der Waals surface area contributed by atoms with Crippen molar-refractivity contribution in [2.75, 3.05) is 0 Å². The van der Waals surface area contributed by atoms with Crippen LogP contribution in [-0.4, -0.2) is 26.7 Å². The molecule has 0 aromatic heterocycles. The summed E-state index contributed by atoms with van der Waals surface area (Å²) in [5.41, 5.74) is 1.24. The zero-order valence-electron chi connectivity index (χ0n) is 16.7. The van der Waals surface area contributed by atoms with Crippen LogP contribution in [0, 0.1) is 20.2 Å². The topological polar surface area (TPSA) is 148 Å². The molecule has 0 aliphatic heterocycles. The molecule has 1 aliphatic rings. The molecular formula is C22H16N4O6. The number of benzene rings is 3. The van der Waals surface area contributed by atoms with Gasteiger partial charge >= 0.3 is 0 Å². The normalized spacial score (nSPS) is 13.8. The summed E-state index contributed by atoms with van der Waals surface area (Å²) in [6.07, 6.45) is 0. The van der Waals surface area contributed by atoms with Crippen molar-refractivity contribution >= 4 is 23.0 Å². The molecule has 10 heteroatoms. The maximum Gasteiger partial charge on any atom is 0.270 e. The van der Waals surface area contributed by atoms with E-state index >= 15 is 0 Å². The van der Waals surface area contributed by atoms with Crippen molar-refractivity contribution in [2.24, 2.45) is 5.16 Å². The highest BCUT2D eigenvalue weighted by Gasteiger charge is 2.34.